The van der Waals surface area contributed by atoms with E-state index in [1.165, 1.54) is 11.1 Å². The largest absolute Gasteiger partial charge is 0.384 e. The zero-order valence-electron chi connectivity index (χ0n) is 11.4. The minimum Gasteiger partial charge on any atom is -0.384 e. The molecule has 0 aliphatic heterocycles. The van der Waals surface area contributed by atoms with Gasteiger partial charge in [-0.25, -0.2) is 0 Å². The highest BCUT2D eigenvalue weighted by Crippen LogP contribution is 2.15. The lowest BCUT2D eigenvalue weighted by Crippen LogP contribution is -2.28. The fourth-order valence-electron chi connectivity index (χ4n) is 1.70. The molecule has 18 heavy (non-hydrogen) atoms. The summed E-state index contributed by atoms with van der Waals surface area (Å²) in [5, 5.41) is 6.06. The van der Waals surface area contributed by atoms with Gasteiger partial charge in [0.15, 0.2) is 0 Å². The molecule has 0 aliphatic carbocycles. The zero-order chi connectivity index (χ0) is 13.4. The van der Waals surface area contributed by atoms with Crippen LogP contribution in [0.3, 0.4) is 0 Å². The number of anilines is 1. The summed E-state index contributed by atoms with van der Waals surface area (Å²) in [7, 11) is 1.62. The molecule has 0 aliphatic rings. The number of hydrogen-bond donors (Lipinski definition) is 2. The van der Waals surface area contributed by atoms with Gasteiger partial charge in [-0.05, 0) is 25.5 Å². The van der Waals surface area contributed by atoms with Crippen molar-refractivity contribution in [3.05, 3.63) is 29.3 Å². The van der Waals surface area contributed by atoms with Gasteiger partial charge in [-0.1, -0.05) is 17.7 Å². The van der Waals surface area contributed by atoms with Gasteiger partial charge in [0.2, 0.25) is 5.91 Å². The van der Waals surface area contributed by atoms with E-state index in [9.17, 15) is 4.79 Å². The first kappa shape index (κ1) is 14.5. The predicted molar refractivity (Wildman–Crippen MR) is 73.9 cm³/mol. The van der Waals surface area contributed by atoms with E-state index >= 15 is 0 Å². The van der Waals surface area contributed by atoms with Gasteiger partial charge in [-0.15, -0.1) is 0 Å². The average Bonchev–Trinajstić information content (AvgIpc) is 2.32. The Bertz CT molecular complexity index is 391. The van der Waals surface area contributed by atoms with Crippen LogP contribution < -0.4 is 10.6 Å². The molecular formula is C14H22N2O2. The lowest BCUT2D eigenvalue weighted by Gasteiger charge is -2.10. The number of carbonyl (C=O) groups is 1. The van der Waals surface area contributed by atoms with Crippen molar-refractivity contribution >= 4 is 11.6 Å². The van der Waals surface area contributed by atoms with Gasteiger partial charge >= 0.3 is 0 Å². The molecule has 2 N–H and O–H groups in total. The smallest absolute Gasteiger partial charge is 0.221 e. The SMILES string of the molecule is COCCNC(=O)CCNc1ccc(C)cc1C. The Morgan fingerprint density at radius 2 is 2.06 bits per heavy atom. The number of rotatable bonds is 7. The highest BCUT2D eigenvalue weighted by Gasteiger charge is 2.01. The summed E-state index contributed by atoms with van der Waals surface area (Å²) in [5.41, 5.74) is 3.54. The molecule has 1 amide bonds. The third-order valence-corrected chi connectivity index (χ3v) is 2.68. The second-order valence-electron chi connectivity index (χ2n) is 4.34. The summed E-state index contributed by atoms with van der Waals surface area (Å²) >= 11 is 0. The van der Waals surface area contributed by atoms with E-state index in [0.29, 0.717) is 26.1 Å². The number of hydrogen-bond acceptors (Lipinski definition) is 3. The van der Waals surface area contributed by atoms with E-state index in [2.05, 4.69) is 36.6 Å². The first-order valence-corrected chi connectivity index (χ1v) is 6.20. The summed E-state index contributed by atoms with van der Waals surface area (Å²) in [6.45, 7) is 5.89. The monoisotopic (exact) mass is 250 g/mol. The van der Waals surface area contributed by atoms with E-state index in [1.54, 1.807) is 7.11 Å². The summed E-state index contributed by atoms with van der Waals surface area (Å²) in [6, 6.07) is 6.24. The van der Waals surface area contributed by atoms with Crippen LogP contribution in [0, 0.1) is 13.8 Å². The van der Waals surface area contributed by atoms with Crippen LogP contribution in [0.5, 0.6) is 0 Å². The van der Waals surface area contributed by atoms with Gasteiger partial charge in [0.1, 0.15) is 0 Å². The van der Waals surface area contributed by atoms with Crippen LogP contribution in [0.1, 0.15) is 17.5 Å². The van der Waals surface area contributed by atoms with E-state index in [4.69, 9.17) is 4.74 Å². The molecule has 1 aromatic rings. The van der Waals surface area contributed by atoms with Crippen LogP contribution in [0.2, 0.25) is 0 Å². The molecule has 4 heteroatoms. The topological polar surface area (TPSA) is 50.4 Å². The maximum Gasteiger partial charge on any atom is 0.221 e. The summed E-state index contributed by atoms with van der Waals surface area (Å²) < 4.78 is 4.86. The molecule has 1 aromatic carbocycles. The van der Waals surface area contributed by atoms with E-state index in [0.717, 1.165) is 5.69 Å². The second kappa shape index (κ2) is 7.71. The molecule has 100 valence electrons. The molecule has 0 unspecified atom stereocenters. The summed E-state index contributed by atoms with van der Waals surface area (Å²) in [4.78, 5) is 11.4. The van der Waals surface area contributed by atoms with Gasteiger partial charge in [0.25, 0.3) is 0 Å². The molecule has 0 spiro atoms. The minimum absolute atomic E-state index is 0.0457. The van der Waals surface area contributed by atoms with Crippen molar-refractivity contribution in [2.24, 2.45) is 0 Å². The van der Waals surface area contributed by atoms with Crippen molar-refractivity contribution in [1.29, 1.82) is 0 Å². The maximum atomic E-state index is 11.4. The van der Waals surface area contributed by atoms with Gasteiger partial charge in [-0.2, -0.15) is 0 Å². The number of benzene rings is 1. The van der Waals surface area contributed by atoms with Gasteiger partial charge < -0.3 is 15.4 Å². The maximum absolute atomic E-state index is 11.4. The Hall–Kier alpha value is -1.55. The van der Waals surface area contributed by atoms with Crippen molar-refractivity contribution in [2.75, 3.05) is 32.1 Å². The first-order chi connectivity index (χ1) is 8.63. The molecule has 0 atom stereocenters. The third kappa shape index (κ3) is 5.19. The molecule has 4 nitrogen and oxygen atoms in total. The van der Waals surface area contributed by atoms with Crippen LogP contribution in [-0.4, -0.2) is 32.7 Å². The molecule has 0 fully saturated rings. The molecule has 0 saturated carbocycles. The molecule has 0 heterocycles. The van der Waals surface area contributed by atoms with Crippen LogP contribution in [-0.2, 0) is 9.53 Å². The standard InChI is InChI=1S/C14H22N2O2/c1-11-4-5-13(12(2)10-11)15-7-6-14(17)16-8-9-18-3/h4-5,10,15H,6-9H2,1-3H3,(H,16,17). The number of carbonyl (C=O) groups excluding carboxylic acids is 1. The summed E-state index contributed by atoms with van der Waals surface area (Å²) in [6.07, 6.45) is 0.469. The highest BCUT2D eigenvalue weighted by atomic mass is 16.5. The van der Waals surface area contributed by atoms with Gasteiger partial charge in [0, 0.05) is 32.3 Å². The lowest BCUT2D eigenvalue weighted by atomic mass is 10.1. The Balaban J connectivity index is 2.26. The van der Waals surface area contributed by atoms with Crippen LogP contribution in [0.25, 0.3) is 0 Å². The molecule has 0 bridgehead atoms. The lowest BCUT2D eigenvalue weighted by molar-refractivity contribution is -0.121. The Morgan fingerprint density at radius 1 is 1.28 bits per heavy atom. The van der Waals surface area contributed by atoms with Crippen molar-refractivity contribution in [3.63, 3.8) is 0 Å². The molecular weight excluding hydrogens is 228 g/mol. The van der Waals surface area contributed by atoms with Crippen molar-refractivity contribution in [1.82, 2.24) is 5.32 Å². The fourth-order valence-corrected chi connectivity index (χ4v) is 1.70. The molecule has 0 radical (unpaired) electrons. The van der Waals surface area contributed by atoms with Crippen molar-refractivity contribution < 1.29 is 9.53 Å². The van der Waals surface area contributed by atoms with Gasteiger partial charge in [-0.3, -0.25) is 4.79 Å². The molecule has 1 rings (SSSR count). The van der Waals surface area contributed by atoms with Gasteiger partial charge in [0.05, 0.1) is 6.61 Å². The highest BCUT2D eigenvalue weighted by molar-refractivity contribution is 5.76. The predicted octanol–water partition coefficient (Wildman–Crippen LogP) is 1.87. The molecule has 0 aromatic heterocycles. The number of aryl methyl sites for hydroxylation is 2. The van der Waals surface area contributed by atoms with Crippen molar-refractivity contribution in [2.45, 2.75) is 20.3 Å². The van der Waals surface area contributed by atoms with Crippen LogP contribution in [0.15, 0.2) is 18.2 Å². The fraction of sp³-hybridized carbons (Fsp3) is 0.500. The van der Waals surface area contributed by atoms with E-state index in [1.807, 2.05) is 6.07 Å². The quantitative estimate of drug-likeness (QED) is 0.726. The van der Waals surface area contributed by atoms with Crippen LogP contribution in [0.4, 0.5) is 5.69 Å². The second-order valence-corrected chi connectivity index (χ2v) is 4.34. The Morgan fingerprint density at radius 3 is 2.72 bits per heavy atom. The van der Waals surface area contributed by atoms with E-state index < -0.39 is 0 Å². The molecule has 0 saturated heterocycles. The minimum atomic E-state index is 0.0457. The average molecular weight is 250 g/mol. The number of methoxy groups -OCH3 is 1. The normalized spacial score (nSPS) is 10.2. The van der Waals surface area contributed by atoms with Crippen LogP contribution >= 0.6 is 0 Å². The Kier molecular flexibility index (Phi) is 6.22. The first-order valence-electron chi connectivity index (χ1n) is 6.20. The zero-order valence-corrected chi connectivity index (χ0v) is 11.4. The number of ether oxygens (including phenoxy) is 1. The summed E-state index contributed by atoms with van der Waals surface area (Å²) in [5.74, 6) is 0.0457. The Labute approximate surface area is 109 Å². The number of amides is 1. The van der Waals surface area contributed by atoms with Crippen molar-refractivity contribution in [3.8, 4) is 0 Å². The number of nitrogens with one attached hydrogen (secondary N) is 2. The third-order valence-electron chi connectivity index (χ3n) is 2.68. The van der Waals surface area contributed by atoms with E-state index in [-0.39, 0.29) is 5.91 Å².